The number of hydrogen-bond donors (Lipinski definition) is 5. The lowest BCUT2D eigenvalue weighted by atomic mass is 10.2. The van der Waals surface area contributed by atoms with Crippen molar-refractivity contribution in [3.8, 4) is 11.8 Å². The number of aryl methyl sites for hydroxylation is 1. The van der Waals surface area contributed by atoms with Gasteiger partial charge in [-0.05, 0) is 49.2 Å². The van der Waals surface area contributed by atoms with Crippen molar-refractivity contribution >= 4 is 66.5 Å². The predicted molar refractivity (Wildman–Crippen MR) is 150 cm³/mol. The van der Waals surface area contributed by atoms with Crippen LogP contribution in [0.15, 0.2) is 42.6 Å². The van der Waals surface area contributed by atoms with Gasteiger partial charge < -0.3 is 5.32 Å². The molecule has 0 bridgehead atoms. The fourth-order valence-electron chi connectivity index (χ4n) is 3.24. The molecule has 2 amide bonds. The Morgan fingerprint density at radius 2 is 1.85 bits per heavy atom. The average Bonchev–Trinajstić information content (AvgIpc) is 3.26. The van der Waals surface area contributed by atoms with E-state index in [0.717, 1.165) is 6.26 Å². The number of benzene rings is 2. The van der Waals surface area contributed by atoms with Crippen LogP contribution in [0.4, 0.5) is 22.0 Å². The van der Waals surface area contributed by atoms with Crippen molar-refractivity contribution in [3.63, 3.8) is 0 Å². The summed E-state index contributed by atoms with van der Waals surface area (Å²) in [6, 6.07) is 10.5. The van der Waals surface area contributed by atoms with Crippen molar-refractivity contribution < 1.29 is 21.6 Å². The first-order chi connectivity index (χ1) is 18.3. The molecule has 13 nitrogen and oxygen atoms in total. The van der Waals surface area contributed by atoms with Crippen LogP contribution in [0.25, 0.3) is 5.69 Å². The van der Waals surface area contributed by atoms with Crippen molar-refractivity contribution in [1.82, 2.24) is 20.5 Å². The van der Waals surface area contributed by atoms with E-state index in [1.54, 1.807) is 25.1 Å². The number of halogens is 2. The maximum absolute atomic E-state index is 12.4. The second-order valence-corrected chi connectivity index (χ2v) is 12.6. The van der Waals surface area contributed by atoms with E-state index in [0.29, 0.717) is 16.3 Å². The molecule has 0 saturated carbocycles. The van der Waals surface area contributed by atoms with E-state index in [4.69, 9.17) is 23.2 Å². The SMILES string of the molecule is Cc1cc(NS(=O)(=O)CCCNC(=O)NNc2c(C#N)cnn2-c2cccc(NS(C)(=O)=O)c2)c(Cl)cc1Cl. The molecule has 1 aromatic heterocycles. The van der Waals surface area contributed by atoms with Crippen molar-refractivity contribution in [2.75, 3.05) is 33.4 Å². The van der Waals surface area contributed by atoms with E-state index in [9.17, 15) is 26.9 Å². The quantitative estimate of drug-likeness (QED) is 0.161. The van der Waals surface area contributed by atoms with Gasteiger partial charge in [0.05, 0.1) is 40.3 Å². The summed E-state index contributed by atoms with van der Waals surface area (Å²) in [7, 11) is -7.26. The lowest BCUT2D eigenvalue weighted by Gasteiger charge is -2.14. The molecule has 0 aliphatic heterocycles. The molecule has 17 heteroatoms. The highest BCUT2D eigenvalue weighted by Gasteiger charge is 2.16. The first-order valence-corrected chi connectivity index (χ1v) is 15.4. The van der Waals surface area contributed by atoms with Crippen LogP contribution in [0.5, 0.6) is 0 Å². The van der Waals surface area contributed by atoms with Crippen molar-refractivity contribution in [2.45, 2.75) is 13.3 Å². The van der Waals surface area contributed by atoms with Gasteiger partial charge in [-0.15, -0.1) is 0 Å². The molecule has 0 atom stereocenters. The van der Waals surface area contributed by atoms with Crippen LogP contribution >= 0.6 is 23.2 Å². The molecule has 0 fully saturated rings. The number of hydrazine groups is 1. The highest BCUT2D eigenvalue weighted by atomic mass is 35.5. The zero-order valence-corrected chi connectivity index (χ0v) is 23.8. The molecule has 0 radical (unpaired) electrons. The second-order valence-electron chi connectivity index (χ2n) is 8.22. The van der Waals surface area contributed by atoms with Crippen LogP contribution in [0.2, 0.25) is 10.0 Å². The Balaban J connectivity index is 1.56. The zero-order valence-electron chi connectivity index (χ0n) is 20.6. The molecule has 5 N–H and O–H groups in total. The Morgan fingerprint density at radius 1 is 1.10 bits per heavy atom. The highest BCUT2D eigenvalue weighted by molar-refractivity contribution is 7.92. The van der Waals surface area contributed by atoms with Crippen molar-refractivity contribution in [3.05, 3.63) is 63.8 Å². The Kier molecular flexibility index (Phi) is 9.51. The van der Waals surface area contributed by atoms with Crippen LogP contribution in [-0.2, 0) is 20.0 Å². The minimum atomic E-state index is -3.75. The molecule has 3 aromatic rings. The van der Waals surface area contributed by atoms with Gasteiger partial charge >= 0.3 is 6.03 Å². The number of carbonyl (C=O) groups is 1. The molecule has 1 heterocycles. The third kappa shape index (κ3) is 8.65. The summed E-state index contributed by atoms with van der Waals surface area (Å²) in [5.74, 6) is -0.173. The van der Waals surface area contributed by atoms with E-state index < -0.39 is 26.1 Å². The number of nitriles is 1. The van der Waals surface area contributed by atoms with E-state index >= 15 is 0 Å². The largest absolute Gasteiger partial charge is 0.337 e. The summed E-state index contributed by atoms with van der Waals surface area (Å²) in [5.41, 5.74) is 6.61. The summed E-state index contributed by atoms with van der Waals surface area (Å²) in [6.07, 6.45) is 2.37. The minimum absolute atomic E-state index is 0.0192. The Labute approximate surface area is 235 Å². The molecule has 2 aromatic carbocycles. The molecule has 0 aliphatic rings. The van der Waals surface area contributed by atoms with Gasteiger partial charge in [0.25, 0.3) is 0 Å². The monoisotopic (exact) mass is 614 g/mol. The maximum Gasteiger partial charge on any atom is 0.333 e. The third-order valence-corrected chi connectivity index (χ3v) is 7.65. The fraction of sp³-hybridized carbons (Fsp3) is 0.227. The number of amides is 2. The number of sulfonamides is 2. The molecule has 3 rings (SSSR count). The van der Waals surface area contributed by atoms with Crippen LogP contribution in [0.3, 0.4) is 0 Å². The van der Waals surface area contributed by atoms with Crippen LogP contribution in [0, 0.1) is 18.3 Å². The molecular weight excluding hydrogens is 591 g/mol. The number of hydrogen-bond acceptors (Lipinski definition) is 8. The number of carbonyl (C=O) groups excluding carboxylic acids is 1. The summed E-state index contributed by atoms with van der Waals surface area (Å²) < 4.78 is 53.9. The van der Waals surface area contributed by atoms with E-state index in [-0.39, 0.29) is 46.5 Å². The molecule has 208 valence electrons. The van der Waals surface area contributed by atoms with Gasteiger partial charge in [-0.25, -0.2) is 26.3 Å². The predicted octanol–water partition coefficient (Wildman–Crippen LogP) is 3.19. The van der Waals surface area contributed by atoms with Gasteiger partial charge in [-0.3, -0.25) is 20.3 Å². The highest BCUT2D eigenvalue weighted by Crippen LogP contribution is 2.29. The number of anilines is 3. The molecule has 0 spiro atoms. The van der Waals surface area contributed by atoms with Gasteiger partial charge in [-0.1, -0.05) is 29.3 Å². The average molecular weight is 616 g/mol. The molecule has 0 aliphatic carbocycles. The lowest BCUT2D eigenvalue weighted by Crippen LogP contribution is -2.40. The van der Waals surface area contributed by atoms with Gasteiger partial charge in [0, 0.05) is 11.6 Å². The fourth-order valence-corrected chi connectivity index (χ4v) is 5.41. The second kappa shape index (κ2) is 12.4. The zero-order chi connectivity index (χ0) is 28.8. The van der Waals surface area contributed by atoms with Gasteiger partial charge in [0.15, 0.2) is 5.82 Å². The first-order valence-electron chi connectivity index (χ1n) is 11.1. The normalized spacial score (nSPS) is 11.4. The summed E-state index contributed by atoms with van der Waals surface area (Å²) in [6.45, 7) is 1.73. The Bertz CT molecular complexity index is 1640. The molecule has 0 unspecified atom stereocenters. The topological polar surface area (TPSA) is 187 Å². The number of rotatable bonds is 11. The third-order valence-electron chi connectivity index (χ3n) is 4.97. The van der Waals surface area contributed by atoms with E-state index in [2.05, 4.69) is 30.7 Å². The minimum Gasteiger partial charge on any atom is -0.337 e. The van der Waals surface area contributed by atoms with Gasteiger partial charge in [0.2, 0.25) is 20.0 Å². The Morgan fingerprint density at radius 3 is 2.54 bits per heavy atom. The molecule has 39 heavy (non-hydrogen) atoms. The number of urea groups is 1. The number of nitrogens with zero attached hydrogens (tertiary/aromatic N) is 3. The molecule has 0 saturated heterocycles. The number of nitrogens with one attached hydrogen (secondary N) is 5. The number of aromatic nitrogens is 2. The Hall–Kier alpha value is -3.71. The van der Waals surface area contributed by atoms with Crippen molar-refractivity contribution in [1.29, 1.82) is 5.26 Å². The van der Waals surface area contributed by atoms with E-state index in [1.807, 2.05) is 6.07 Å². The smallest absolute Gasteiger partial charge is 0.333 e. The summed E-state index contributed by atoms with van der Waals surface area (Å²) in [4.78, 5) is 12.3. The summed E-state index contributed by atoms with van der Waals surface area (Å²) in [5, 5.41) is 16.6. The van der Waals surface area contributed by atoms with Crippen LogP contribution in [-0.4, -0.2) is 51.2 Å². The van der Waals surface area contributed by atoms with Crippen LogP contribution in [0.1, 0.15) is 17.5 Å². The lowest BCUT2D eigenvalue weighted by molar-refractivity contribution is 0.242. The van der Waals surface area contributed by atoms with Gasteiger partial charge in [-0.2, -0.15) is 10.4 Å². The van der Waals surface area contributed by atoms with Crippen LogP contribution < -0.4 is 25.6 Å². The standard InChI is InChI=1S/C22H24Cl2N8O5S2/c1-14-9-20(19(24)11-18(14)23)31-39(36,37)8-4-7-26-22(33)29-28-21-15(12-25)13-27-32(21)17-6-3-5-16(10-17)30-38(2,34)35/h3,5-6,9-11,13,28,30-31H,4,7-8H2,1-2H3,(H2,26,29,33). The van der Waals surface area contributed by atoms with Crippen molar-refractivity contribution in [2.24, 2.45) is 0 Å². The van der Waals surface area contributed by atoms with Gasteiger partial charge in [0.1, 0.15) is 11.6 Å². The maximum atomic E-state index is 12.4. The first kappa shape index (κ1) is 29.8. The summed E-state index contributed by atoms with van der Waals surface area (Å²) >= 11 is 12.0. The molecular formula is C22H24Cl2N8O5S2. The van der Waals surface area contributed by atoms with E-state index in [1.165, 1.54) is 29.1 Å².